The summed E-state index contributed by atoms with van der Waals surface area (Å²) in [5, 5.41) is 0.954. The minimum atomic E-state index is -0.626. The van der Waals surface area contributed by atoms with Crippen LogP contribution in [-0.2, 0) is 9.53 Å². The van der Waals surface area contributed by atoms with Crippen LogP contribution in [-0.4, -0.2) is 24.2 Å². The summed E-state index contributed by atoms with van der Waals surface area (Å²) in [5.41, 5.74) is 5.88. The molecule has 0 heterocycles. The summed E-state index contributed by atoms with van der Waals surface area (Å²) in [7, 11) is 0. The molecule has 4 nitrogen and oxygen atoms in total. The molecule has 0 amide bonds. The summed E-state index contributed by atoms with van der Waals surface area (Å²) in [6.45, 7) is 9.81. The molecule has 2 N–H and O–H groups in total. The molecule has 0 spiro atoms. The van der Waals surface area contributed by atoms with Gasteiger partial charge in [-0.25, -0.2) is 0 Å². The van der Waals surface area contributed by atoms with Crippen molar-refractivity contribution in [2.45, 2.75) is 59.3 Å². The fourth-order valence-corrected chi connectivity index (χ4v) is 2.89. The first-order valence-corrected chi connectivity index (χ1v) is 8.95. The number of ether oxygens (including phenoxy) is 2. The largest absolute Gasteiger partial charge is 0.485 e. The van der Waals surface area contributed by atoms with Crippen LogP contribution in [0.1, 0.15) is 41.0 Å². The van der Waals surface area contributed by atoms with E-state index in [-0.39, 0.29) is 12.0 Å². The van der Waals surface area contributed by atoms with Gasteiger partial charge in [-0.2, -0.15) is 0 Å². The SMILES string of the molecule is CC(C)C[C@H](N)C(=O)OC(C)[C@H](Oc1ccc(Cl)cc1Cl)C(C)C. The standard InChI is InChI=1S/C18H27Cl2NO3/c1-10(2)8-15(21)18(22)23-12(5)17(11(3)4)24-16-7-6-13(19)9-14(16)20/h6-7,9-12,15,17H,8,21H2,1-5H3/t12?,15-,17+/m0/s1. The lowest BCUT2D eigenvalue weighted by Gasteiger charge is -2.29. The van der Waals surface area contributed by atoms with E-state index in [1.54, 1.807) is 25.1 Å². The smallest absolute Gasteiger partial charge is 0.323 e. The fraction of sp³-hybridized carbons (Fsp3) is 0.611. The van der Waals surface area contributed by atoms with Gasteiger partial charge in [0.2, 0.25) is 0 Å². The van der Waals surface area contributed by atoms with Gasteiger partial charge in [0.15, 0.2) is 0 Å². The highest BCUT2D eigenvalue weighted by atomic mass is 35.5. The van der Waals surface area contributed by atoms with Crippen molar-refractivity contribution in [2.24, 2.45) is 17.6 Å². The molecule has 0 aliphatic rings. The highest BCUT2D eigenvalue weighted by molar-refractivity contribution is 6.35. The maximum Gasteiger partial charge on any atom is 0.323 e. The number of benzene rings is 1. The third kappa shape index (κ3) is 6.50. The molecule has 0 saturated carbocycles. The molecule has 0 saturated heterocycles. The molecule has 1 unspecified atom stereocenters. The average molecular weight is 376 g/mol. The van der Waals surface area contributed by atoms with E-state index in [9.17, 15) is 4.79 Å². The number of hydrogen-bond acceptors (Lipinski definition) is 4. The van der Waals surface area contributed by atoms with E-state index in [4.69, 9.17) is 38.4 Å². The Morgan fingerprint density at radius 1 is 1.17 bits per heavy atom. The summed E-state index contributed by atoms with van der Waals surface area (Å²) in [6.07, 6.45) is -0.219. The molecule has 0 radical (unpaired) electrons. The highest BCUT2D eigenvalue weighted by Crippen LogP contribution is 2.30. The van der Waals surface area contributed by atoms with Crippen molar-refractivity contribution < 1.29 is 14.3 Å². The van der Waals surface area contributed by atoms with Gasteiger partial charge in [0, 0.05) is 5.02 Å². The van der Waals surface area contributed by atoms with Crippen LogP contribution in [0.4, 0.5) is 0 Å². The van der Waals surface area contributed by atoms with Crippen LogP contribution in [0.25, 0.3) is 0 Å². The second kappa shape index (κ2) is 9.50. The Kier molecular flexibility index (Phi) is 8.34. The molecule has 0 bridgehead atoms. The van der Waals surface area contributed by atoms with Crippen LogP contribution in [0.15, 0.2) is 18.2 Å². The van der Waals surface area contributed by atoms with E-state index in [2.05, 4.69) is 0 Å². The minimum absolute atomic E-state index is 0.112. The number of carbonyl (C=O) groups excluding carboxylic acids is 1. The van der Waals surface area contributed by atoms with E-state index in [1.807, 2.05) is 27.7 Å². The molecule has 3 atom stereocenters. The third-order valence-corrected chi connectivity index (χ3v) is 4.14. The quantitative estimate of drug-likeness (QED) is 0.668. The van der Waals surface area contributed by atoms with E-state index < -0.39 is 18.1 Å². The van der Waals surface area contributed by atoms with E-state index >= 15 is 0 Å². The van der Waals surface area contributed by atoms with Gasteiger partial charge < -0.3 is 15.2 Å². The van der Waals surface area contributed by atoms with Crippen LogP contribution in [0.5, 0.6) is 5.75 Å². The maximum atomic E-state index is 12.1. The molecule has 0 aliphatic heterocycles. The first-order chi connectivity index (χ1) is 11.1. The third-order valence-electron chi connectivity index (χ3n) is 3.61. The van der Waals surface area contributed by atoms with E-state index in [1.165, 1.54) is 0 Å². The predicted octanol–water partition coefficient (Wildman–Crippen LogP) is 4.70. The van der Waals surface area contributed by atoms with Crippen molar-refractivity contribution >= 4 is 29.2 Å². The number of hydrogen-bond donors (Lipinski definition) is 1. The summed E-state index contributed by atoms with van der Waals surface area (Å²) < 4.78 is 11.5. The molecule has 1 rings (SSSR count). The molecule has 0 aliphatic carbocycles. The number of nitrogens with two attached hydrogens (primary N) is 1. The molecule has 0 fully saturated rings. The van der Waals surface area contributed by atoms with Crippen molar-refractivity contribution in [1.82, 2.24) is 0 Å². The lowest BCUT2D eigenvalue weighted by Crippen LogP contribution is -2.42. The first kappa shape index (κ1) is 21.1. The molecule has 1 aromatic rings. The van der Waals surface area contributed by atoms with Gasteiger partial charge in [-0.3, -0.25) is 4.79 Å². The second-order valence-corrected chi connectivity index (χ2v) is 7.62. The van der Waals surface area contributed by atoms with Gasteiger partial charge in [-0.05, 0) is 43.4 Å². The Balaban J connectivity index is 2.78. The second-order valence-electron chi connectivity index (χ2n) is 6.78. The fourth-order valence-electron chi connectivity index (χ4n) is 2.43. The molecule has 24 heavy (non-hydrogen) atoms. The van der Waals surface area contributed by atoms with Crippen molar-refractivity contribution in [3.05, 3.63) is 28.2 Å². The zero-order valence-electron chi connectivity index (χ0n) is 14.9. The lowest BCUT2D eigenvalue weighted by atomic mass is 10.0. The van der Waals surface area contributed by atoms with Gasteiger partial charge in [0.05, 0.1) is 5.02 Å². The summed E-state index contributed by atoms with van der Waals surface area (Å²) in [5.74, 6) is 0.538. The molecule has 6 heteroatoms. The number of rotatable bonds is 8. The average Bonchev–Trinajstić information content (AvgIpc) is 2.44. The van der Waals surface area contributed by atoms with Crippen molar-refractivity contribution in [2.75, 3.05) is 0 Å². The summed E-state index contributed by atoms with van der Waals surface area (Å²) in [6, 6.07) is 4.40. The molecular weight excluding hydrogens is 349 g/mol. The van der Waals surface area contributed by atoms with Crippen molar-refractivity contribution in [1.29, 1.82) is 0 Å². The van der Waals surface area contributed by atoms with Gasteiger partial charge >= 0.3 is 5.97 Å². The minimum Gasteiger partial charge on any atom is -0.485 e. The Bertz CT molecular complexity index is 549. The normalized spacial score (nSPS) is 15.2. The van der Waals surface area contributed by atoms with Gasteiger partial charge in [0.25, 0.3) is 0 Å². The Morgan fingerprint density at radius 3 is 2.29 bits per heavy atom. The van der Waals surface area contributed by atoms with Crippen LogP contribution in [0.3, 0.4) is 0 Å². The van der Waals surface area contributed by atoms with Crippen LogP contribution in [0.2, 0.25) is 10.0 Å². The van der Waals surface area contributed by atoms with E-state index in [0.717, 1.165) is 0 Å². The molecule has 136 valence electrons. The molecule has 1 aromatic carbocycles. The predicted molar refractivity (Wildman–Crippen MR) is 98.7 cm³/mol. The zero-order chi connectivity index (χ0) is 18.4. The van der Waals surface area contributed by atoms with E-state index in [0.29, 0.717) is 28.1 Å². The Hall–Kier alpha value is -0.970. The Morgan fingerprint density at radius 2 is 1.79 bits per heavy atom. The number of halogens is 2. The van der Waals surface area contributed by atoms with Gasteiger partial charge in [-0.15, -0.1) is 0 Å². The maximum absolute atomic E-state index is 12.1. The summed E-state index contributed by atoms with van der Waals surface area (Å²) >= 11 is 12.1. The highest BCUT2D eigenvalue weighted by Gasteiger charge is 2.29. The monoisotopic (exact) mass is 375 g/mol. The van der Waals surface area contributed by atoms with Crippen molar-refractivity contribution in [3.8, 4) is 5.75 Å². The lowest BCUT2D eigenvalue weighted by molar-refractivity contribution is -0.156. The molecular formula is C18H27Cl2NO3. The zero-order valence-corrected chi connectivity index (χ0v) is 16.4. The van der Waals surface area contributed by atoms with Crippen LogP contribution < -0.4 is 10.5 Å². The topological polar surface area (TPSA) is 61.6 Å². The number of esters is 1. The first-order valence-electron chi connectivity index (χ1n) is 8.19. The van der Waals surface area contributed by atoms with Gasteiger partial charge in [0.1, 0.15) is 24.0 Å². The summed E-state index contributed by atoms with van der Waals surface area (Å²) in [4.78, 5) is 12.1. The molecule has 0 aromatic heterocycles. The van der Waals surface area contributed by atoms with Crippen LogP contribution in [0, 0.1) is 11.8 Å². The van der Waals surface area contributed by atoms with Crippen molar-refractivity contribution in [3.63, 3.8) is 0 Å². The Labute approximate surface area is 154 Å². The van der Waals surface area contributed by atoms with Crippen LogP contribution >= 0.6 is 23.2 Å². The number of carbonyl (C=O) groups is 1. The van der Waals surface area contributed by atoms with Gasteiger partial charge in [-0.1, -0.05) is 50.9 Å².